The van der Waals surface area contributed by atoms with Gasteiger partial charge >= 0.3 is 0 Å². The van der Waals surface area contributed by atoms with Crippen molar-refractivity contribution in [1.29, 1.82) is 0 Å². The van der Waals surface area contributed by atoms with Gasteiger partial charge in [0.05, 0.1) is 17.1 Å². The second kappa shape index (κ2) is 12.1. The number of benzene rings is 3. The number of hydrogen-bond donors (Lipinski definition) is 1. The first-order chi connectivity index (χ1) is 18.5. The maximum Gasteiger partial charge on any atom is 0.243 e. The molecule has 1 N–H and O–H groups in total. The fraction of sp³-hybridized carbons (Fsp3) is 0.241. The first-order valence-electron chi connectivity index (χ1n) is 12.5. The number of sulfonamides is 1. The van der Waals surface area contributed by atoms with Crippen molar-refractivity contribution < 1.29 is 13.2 Å². The SMILES string of the molecule is Cc1ccc(-n2cc(-c3ccc(Cl)cc3)nc2NC(=O)CN(CCN(C)C)S(=O)(=O)c2ccc(C)cc2)cc1. The number of rotatable bonds is 10. The number of imidazole rings is 1. The Bertz CT molecular complexity index is 1530. The highest BCUT2D eigenvalue weighted by atomic mass is 35.5. The predicted octanol–water partition coefficient (Wildman–Crippen LogP) is 5.00. The van der Waals surface area contributed by atoms with Gasteiger partial charge < -0.3 is 4.90 Å². The smallest absolute Gasteiger partial charge is 0.243 e. The van der Waals surface area contributed by atoms with Crippen LogP contribution in [0.25, 0.3) is 16.9 Å². The second-order valence-electron chi connectivity index (χ2n) is 9.67. The van der Waals surface area contributed by atoms with Crippen LogP contribution in [-0.4, -0.2) is 66.8 Å². The molecule has 3 aromatic carbocycles. The van der Waals surface area contributed by atoms with E-state index in [1.54, 1.807) is 41.0 Å². The summed E-state index contributed by atoms with van der Waals surface area (Å²) < 4.78 is 29.9. The molecule has 8 nitrogen and oxygen atoms in total. The number of aryl methyl sites for hydroxylation is 2. The van der Waals surface area contributed by atoms with Gasteiger partial charge in [-0.1, -0.05) is 59.1 Å². The molecule has 0 atom stereocenters. The normalized spacial score (nSPS) is 11.8. The van der Waals surface area contributed by atoms with Crippen LogP contribution in [0.15, 0.2) is 83.9 Å². The Morgan fingerprint density at radius 3 is 2.08 bits per heavy atom. The maximum absolute atomic E-state index is 13.5. The van der Waals surface area contributed by atoms with Crippen LogP contribution in [0.5, 0.6) is 0 Å². The predicted molar refractivity (Wildman–Crippen MR) is 156 cm³/mol. The molecule has 0 aliphatic carbocycles. The van der Waals surface area contributed by atoms with Crippen molar-refractivity contribution in [3.05, 3.63) is 95.1 Å². The van der Waals surface area contributed by atoms with Gasteiger partial charge in [-0.2, -0.15) is 4.31 Å². The summed E-state index contributed by atoms with van der Waals surface area (Å²) in [6.45, 7) is 4.13. The molecule has 0 radical (unpaired) electrons. The summed E-state index contributed by atoms with van der Waals surface area (Å²) in [5, 5.41) is 3.45. The Balaban J connectivity index is 1.64. The quantitative estimate of drug-likeness (QED) is 0.292. The lowest BCUT2D eigenvalue weighted by Crippen LogP contribution is -2.41. The summed E-state index contributed by atoms with van der Waals surface area (Å²) in [6, 6.07) is 21.7. The molecule has 1 aromatic heterocycles. The number of hydrogen-bond acceptors (Lipinski definition) is 5. The number of amides is 1. The summed E-state index contributed by atoms with van der Waals surface area (Å²) in [5.41, 5.74) is 4.32. The minimum Gasteiger partial charge on any atom is -0.308 e. The third-order valence-electron chi connectivity index (χ3n) is 6.18. The molecule has 4 rings (SSSR count). The van der Waals surface area contributed by atoms with Gasteiger partial charge in [0.2, 0.25) is 21.9 Å². The van der Waals surface area contributed by atoms with Crippen molar-refractivity contribution >= 4 is 33.5 Å². The molecule has 204 valence electrons. The highest BCUT2D eigenvalue weighted by Gasteiger charge is 2.27. The average Bonchev–Trinajstić information content (AvgIpc) is 3.31. The zero-order valence-corrected chi connectivity index (χ0v) is 24.0. The molecule has 4 aromatic rings. The van der Waals surface area contributed by atoms with E-state index in [2.05, 4.69) is 10.3 Å². The van der Waals surface area contributed by atoms with Crippen LogP contribution in [0.1, 0.15) is 11.1 Å². The average molecular weight is 566 g/mol. The minimum atomic E-state index is -3.90. The first kappa shape index (κ1) is 28.5. The van der Waals surface area contributed by atoms with Gasteiger partial charge in [-0.05, 0) is 64.3 Å². The minimum absolute atomic E-state index is 0.144. The van der Waals surface area contributed by atoms with Gasteiger partial charge in [0.25, 0.3) is 0 Å². The number of anilines is 1. The number of nitrogens with one attached hydrogen (secondary N) is 1. The molecule has 0 saturated heterocycles. The van der Waals surface area contributed by atoms with Crippen LogP contribution >= 0.6 is 11.6 Å². The topological polar surface area (TPSA) is 87.5 Å². The van der Waals surface area contributed by atoms with Crippen molar-refractivity contribution in [1.82, 2.24) is 18.8 Å². The zero-order valence-electron chi connectivity index (χ0n) is 22.4. The molecule has 0 spiro atoms. The number of carbonyl (C=O) groups is 1. The van der Waals surface area contributed by atoms with Crippen LogP contribution in [0.3, 0.4) is 0 Å². The molecule has 0 fully saturated rings. The Morgan fingerprint density at radius 2 is 1.49 bits per heavy atom. The summed E-state index contributed by atoms with van der Waals surface area (Å²) in [5.74, 6) is -0.208. The number of aromatic nitrogens is 2. The number of carbonyl (C=O) groups excluding carboxylic acids is 1. The lowest BCUT2D eigenvalue weighted by molar-refractivity contribution is -0.116. The van der Waals surface area contributed by atoms with E-state index >= 15 is 0 Å². The van der Waals surface area contributed by atoms with E-state index in [0.717, 1.165) is 22.4 Å². The van der Waals surface area contributed by atoms with E-state index in [0.29, 0.717) is 17.3 Å². The van der Waals surface area contributed by atoms with Gasteiger partial charge in [-0.3, -0.25) is 14.7 Å². The summed E-state index contributed by atoms with van der Waals surface area (Å²) in [7, 11) is -0.194. The highest BCUT2D eigenvalue weighted by Crippen LogP contribution is 2.26. The van der Waals surface area contributed by atoms with Crippen LogP contribution in [0, 0.1) is 13.8 Å². The van der Waals surface area contributed by atoms with E-state index in [1.807, 2.05) is 75.4 Å². The monoisotopic (exact) mass is 565 g/mol. The van der Waals surface area contributed by atoms with Gasteiger partial charge in [0.1, 0.15) is 0 Å². The van der Waals surface area contributed by atoms with Crippen LogP contribution in [0.2, 0.25) is 5.02 Å². The fourth-order valence-electron chi connectivity index (χ4n) is 3.91. The standard InChI is InChI=1S/C29H32ClN5O3S/c1-21-5-13-25(14-6-21)35-19-27(23-9-11-24(30)12-10-23)31-29(35)32-28(36)20-34(18-17-33(3)4)39(37,38)26-15-7-22(2)8-16-26/h5-16,19H,17-18,20H2,1-4H3,(H,31,32,36). The van der Waals surface area contributed by atoms with E-state index in [1.165, 1.54) is 4.31 Å². The lowest BCUT2D eigenvalue weighted by atomic mass is 10.2. The van der Waals surface area contributed by atoms with Crippen molar-refractivity contribution in [2.24, 2.45) is 0 Å². The number of halogens is 1. The van der Waals surface area contributed by atoms with Gasteiger partial charge in [-0.25, -0.2) is 13.4 Å². The summed E-state index contributed by atoms with van der Waals surface area (Å²) in [6.07, 6.45) is 1.83. The van der Waals surface area contributed by atoms with E-state index in [9.17, 15) is 13.2 Å². The molecule has 0 unspecified atom stereocenters. The fourth-order valence-corrected chi connectivity index (χ4v) is 5.42. The van der Waals surface area contributed by atoms with E-state index < -0.39 is 15.9 Å². The largest absolute Gasteiger partial charge is 0.308 e. The molecular formula is C29H32ClN5O3S. The second-order valence-corrected chi connectivity index (χ2v) is 12.0. The number of likely N-dealkylation sites (N-methyl/N-ethyl adjacent to an activating group) is 1. The summed E-state index contributed by atoms with van der Waals surface area (Å²) >= 11 is 6.06. The van der Waals surface area contributed by atoms with Crippen molar-refractivity contribution in [3.8, 4) is 16.9 Å². The molecular weight excluding hydrogens is 534 g/mol. The maximum atomic E-state index is 13.5. The zero-order chi connectivity index (χ0) is 28.2. The third kappa shape index (κ3) is 7.13. The van der Waals surface area contributed by atoms with Gasteiger partial charge in [-0.15, -0.1) is 0 Å². The Morgan fingerprint density at radius 1 is 0.897 bits per heavy atom. The van der Waals surface area contributed by atoms with E-state index in [-0.39, 0.29) is 23.9 Å². The summed E-state index contributed by atoms with van der Waals surface area (Å²) in [4.78, 5) is 20.0. The molecule has 1 amide bonds. The number of nitrogens with zero attached hydrogens (tertiary/aromatic N) is 4. The highest BCUT2D eigenvalue weighted by molar-refractivity contribution is 7.89. The van der Waals surface area contributed by atoms with E-state index in [4.69, 9.17) is 11.6 Å². The Labute approximate surface area is 234 Å². The Hall–Kier alpha value is -3.50. The molecule has 0 aliphatic heterocycles. The van der Waals surface area contributed by atoms with Gasteiger partial charge in [0, 0.05) is 35.6 Å². The molecule has 0 saturated carbocycles. The van der Waals surface area contributed by atoms with Crippen LogP contribution < -0.4 is 5.32 Å². The first-order valence-corrected chi connectivity index (χ1v) is 14.3. The molecule has 0 aliphatic rings. The van der Waals surface area contributed by atoms with Crippen LogP contribution in [0.4, 0.5) is 5.95 Å². The molecule has 10 heteroatoms. The third-order valence-corrected chi connectivity index (χ3v) is 8.30. The van der Waals surface area contributed by atoms with Crippen molar-refractivity contribution in [2.75, 3.05) is 39.0 Å². The van der Waals surface area contributed by atoms with Gasteiger partial charge in [0.15, 0.2) is 0 Å². The molecule has 39 heavy (non-hydrogen) atoms. The molecule has 1 heterocycles. The Kier molecular flexibility index (Phi) is 8.87. The van der Waals surface area contributed by atoms with Crippen LogP contribution in [-0.2, 0) is 14.8 Å². The van der Waals surface area contributed by atoms with Crippen molar-refractivity contribution in [2.45, 2.75) is 18.7 Å². The van der Waals surface area contributed by atoms with Crippen molar-refractivity contribution in [3.63, 3.8) is 0 Å². The lowest BCUT2D eigenvalue weighted by Gasteiger charge is -2.23. The molecule has 0 bridgehead atoms.